The molecule has 0 radical (unpaired) electrons. The van der Waals surface area contributed by atoms with E-state index in [4.69, 9.17) is 10.00 Å². The first-order valence-electron chi connectivity index (χ1n) is 3.35. The third-order valence-corrected chi connectivity index (χ3v) is 1.16. The zero-order valence-corrected chi connectivity index (χ0v) is 6.24. The van der Waals surface area contributed by atoms with Crippen molar-refractivity contribution in [1.29, 1.82) is 5.26 Å². The van der Waals surface area contributed by atoms with Crippen molar-refractivity contribution in [2.45, 2.75) is 6.92 Å². The van der Waals surface area contributed by atoms with E-state index in [1.807, 2.05) is 13.0 Å². The molecular weight excluding hydrogens is 140 g/mol. The molecule has 0 amide bonds. The summed E-state index contributed by atoms with van der Waals surface area (Å²) in [7, 11) is 0. The summed E-state index contributed by atoms with van der Waals surface area (Å²) >= 11 is 0. The van der Waals surface area contributed by atoms with Crippen molar-refractivity contribution in [3.05, 3.63) is 23.9 Å². The van der Waals surface area contributed by atoms with Crippen LogP contribution in [0.4, 0.5) is 0 Å². The minimum absolute atomic E-state index is 0.549. The minimum atomic E-state index is 0.549. The summed E-state index contributed by atoms with van der Waals surface area (Å²) in [5.41, 5.74) is 0.549. The molecule has 0 saturated heterocycles. The van der Waals surface area contributed by atoms with E-state index < -0.39 is 0 Å². The molecule has 0 bridgehead atoms. The quantitative estimate of drug-likeness (QED) is 0.636. The highest BCUT2D eigenvalue weighted by molar-refractivity contribution is 5.28. The first kappa shape index (κ1) is 7.55. The Morgan fingerprint density at radius 2 is 2.45 bits per heavy atom. The average molecular weight is 148 g/mol. The average Bonchev–Trinajstić information content (AvgIpc) is 2.07. The van der Waals surface area contributed by atoms with Gasteiger partial charge in [0.05, 0.1) is 12.2 Å². The lowest BCUT2D eigenvalue weighted by atomic mass is 10.3. The van der Waals surface area contributed by atoms with E-state index in [9.17, 15) is 0 Å². The molecule has 0 aliphatic rings. The zero-order chi connectivity index (χ0) is 8.10. The van der Waals surface area contributed by atoms with Crippen LogP contribution in [0.3, 0.4) is 0 Å². The highest BCUT2D eigenvalue weighted by Gasteiger charge is 1.92. The second kappa shape index (κ2) is 3.57. The van der Waals surface area contributed by atoms with Gasteiger partial charge >= 0.3 is 0 Å². The number of nitrogens with zero attached hydrogens (tertiary/aromatic N) is 2. The Bertz CT molecular complexity index is 260. The van der Waals surface area contributed by atoms with Crippen LogP contribution >= 0.6 is 0 Å². The first-order chi connectivity index (χ1) is 5.36. The Hall–Kier alpha value is -1.56. The van der Waals surface area contributed by atoms with Crippen molar-refractivity contribution in [2.24, 2.45) is 0 Å². The van der Waals surface area contributed by atoms with Gasteiger partial charge in [0.1, 0.15) is 6.07 Å². The standard InChI is InChI=1S/C8H8N2O/c1-2-11-8-4-3-7(5-9)6-10-8/h3-4,6H,2H2,1H3. The van der Waals surface area contributed by atoms with Crippen LogP contribution in [0, 0.1) is 11.3 Å². The Morgan fingerprint density at radius 3 is 2.91 bits per heavy atom. The number of pyridine rings is 1. The maximum absolute atomic E-state index is 8.43. The van der Waals surface area contributed by atoms with Crippen LogP contribution in [0.1, 0.15) is 12.5 Å². The van der Waals surface area contributed by atoms with Crippen molar-refractivity contribution in [1.82, 2.24) is 4.98 Å². The summed E-state index contributed by atoms with van der Waals surface area (Å²) in [5, 5.41) is 8.43. The van der Waals surface area contributed by atoms with E-state index in [1.165, 1.54) is 6.20 Å². The fourth-order valence-electron chi connectivity index (χ4n) is 0.680. The lowest BCUT2D eigenvalue weighted by Crippen LogP contribution is -1.93. The largest absolute Gasteiger partial charge is 0.478 e. The molecule has 0 aliphatic heterocycles. The fourth-order valence-corrected chi connectivity index (χ4v) is 0.680. The predicted molar refractivity (Wildman–Crippen MR) is 40.1 cm³/mol. The molecule has 0 spiro atoms. The molecule has 1 heterocycles. The summed E-state index contributed by atoms with van der Waals surface area (Å²) in [6, 6.07) is 5.34. The zero-order valence-electron chi connectivity index (χ0n) is 6.24. The molecule has 0 N–H and O–H groups in total. The number of ether oxygens (including phenoxy) is 1. The highest BCUT2D eigenvalue weighted by Crippen LogP contribution is 2.05. The molecule has 11 heavy (non-hydrogen) atoms. The third kappa shape index (κ3) is 1.94. The van der Waals surface area contributed by atoms with E-state index in [0.717, 1.165) is 0 Å². The van der Waals surface area contributed by atoms with Crippen LogP contribution in [0.15, 0.2) is 18.3 Å². The van der Waals surface area contributed by atoms with Crippen molar-refractivity contribution in [2.75, 3.05) is 6.61 Å². The summed E-state index contributed by atoms with van der Waals surface area (Å²) in [6.07, 6.45) is 1.49. The molecule has 0 saturated carbocycles. The van der Waals surface area contributed by atoms with Crippen LogP contribution < -0.4 is 4.74 Å². The highest BCUT2D eigenvalue weighted by atomic mass is 16.5. The van der Waals surface area contributed by atoms with Gasteiger partial charge in [0.15, 0.2) is 0 Å². The van der Waals surface area contributed by atoms with Crippen LogP contribution in [-0.2, 0) is 0 Å². The van der Waals surface area contributed by atoms with Crippen molar-refractivity contribution >= 4 is 0 Å². The van der Waals surface area contributed by atoms with E-state index in [0.29, 0.717) is 18.1 Å². The van der Waals surface area contributed by atoms with Gasteiger partial charge in [-0.3, -0.25) is 0 Å². The Morgan fingerprint density at radius 1 is 1.64 bits per heavy atom. The third-order valence-electron chi connectivity index (χ3n) is 1.16. The molecule has 0 fully saturated rings. The maximum Gasteiger partial charge on any atom is 0.213 e. The molecule has 56 valence electrons. The van der Waals surface area contributed by atoms with Crippen LogP contribution in [0.5, 0.6) is 5.88 Å². The van der Waals surface area contributed by atoms with Gasteiger partial charge in [0.2, 0.25) is 5.88 Å². The molecule has 1 aromatic heterocycles. The topological polar surface area (TPSA) is 45.9 Å². The van der Waals surface area contributed by atoms with Gasteiger partial charge in [-0.25, -0.2) is 4.98 Å². The Kier molecular flexibility index (Phi) is 2.45. The second-order valence-electron chi connectivity index (χ2n) is 1.93. The van der Waals surface area contributed by atoms with Gasteiger partial charge in [-0.2, -0.15) is 5.26 Å². The van der Waals surface area contributed by atoms with Gasteiger partial charge in [-0.1, -0.05) is 0 Å². The van der Waals surface area contributed by atoms with Crippen LogP contribution in [0.2, 0.25) is 0 Å². The van der Waals surface area contributed by atoms with Crippen molar-refractivity contribution in [3.63, 3.8) is 0 Å². The van der Waals surface area contributed by atoms with Gasteiger partial charge in [-0.15, -0.1) is 0 Å². The Balaban J connectivity index is 2.76. The monoisotopic (exact) mass is 148 g/mol. The van der Waals surface area contributed by atoms with Crippen LogP contribution in [0.25, 0.3) is 0 Å². The van der Waals surface area contributed by atoms with Gasteiger partial charge in [-0.05, 0) is 13.0 Å². The number of hydrogen-bond donors (Lipinski definition) is 0. The lowest BCUT2D eigenvalue weighted by molar-refractivity contribution is 0.327. The number of hydrogen-bond acceptors (Lipinski definition) is 3. The second-order valence-corrected chi connectivity index (χ2v) is 1.93. The number of rotatable bonds is 2. The molecule has 0 atom stereocenters. The van der Waals surface area contributed by atoms with E-state index >= 15 is 0 Å². The fraction of sp³-hybridized carbons (Fsp3) is 0.250. The van der Waals surface area contributed by atoms with Crippen molar-refractivity contribution < 1.29 is 4.74 Å². The normalized spacial score (nSPS) is 8.73. The van der Waals surface area contributed by atoms with Crippen LogP contribution in [-0.4, -0.2) is 11.6 Å². The van der Waals surface area contributed by atoms with E-state index in [1.54, 1.807) is 12.1 Å². The molecular formula is C8H8N2O. The smallest absolute Gasteiger partial charge is 0.213 e. The maximum atomic E-state index is 8.43. The summed E-state index contributed by atoms with van der Waals surface area (Å²) in [4.78, 5) is 3.89. The van der Waals surface area contributed by atoms with E-state index in [-0.39, 0.29) is 0 Å². The van der Waals surface area contributed by atoms with Crippen molar-refractivity contribution in [3.8, 4) is 11.9 Å². The minimum Gasteiger partial charge on any atom is -0.478 e. The molecule has 0 unspecified atom stereocenters. The van der Waals surface area contributed by atoms with E-state index in [2.05, 4.69) is 4.98 Å². The molecule has 0 aliphatic carbocycles. The summed E-state index contributed by atoms with van der Waals surface area (Å²) in [5.74, 6) is 0.562. The first-order valence-corrected chi connectivity index (χ1v) is 3.35. The predicted octanol–water partition coefficient (Wildman–Crippen LogP) is 1.35. The molecule has 3 heteroatoms. The summed E-state index contributed by atoms with van der Waals surface area (Å²) in [6.45, 7) is 2.48. The number of nitriles is 1. The summed E-state index contributed by atoms with van der Waals surface area (Å²) < 4.78 is 5.08. The van der Waals surface area contributed by atoms with Gasteiger partial charge < -0.3 is 4.74 Å². The van der Waals surface area contributed by atoms with Gasteiger partial charge in [0.25, 0.3) is 0 Å². The Labute approximate surface area is 65.3 Å². The number of aromatic nitrogens is 1. The molecule has 3 nitrogen and oxygen atoms in total. The molecule has 0 aromatic carbocycles. The molecule has 1 rings (SSSR count). The SMILES string of the molecule is CCOc1ccc(C#N)cn1. The lowest BCUT2D eigenvalue weighted by Gasteiger charge is -1.98. The van der Waals surface area contributed by atoms with Gasteiger partial charge in [0, 0.05) is 12.3 Å². The molecule has 1 aromatic rings.